The molecule has 1 saturated carbocycles. The molecule has 0 radical (unpaired) electrons. The lowest BCUT2D eigenvalue weighted by atomic mass is 9.94. The molecule has 1 aliphatic carbocycles. The predicted molar refractivity (Wildman–Crippen MR) is 73.9 cm³/mol. The monoisotopic (exact) mass is 292 g/mol. The van der Waals surface area contributed by atoms with E-state index >= 15 is 0 Å². The Bertz CT molecular complexity index is 566. The Morgan fingerprint density at radius 3 is 2.81 bits per heavy atom. The number of nitrogens with zero attached hydrogens (tertiary/aromatic N) is 2. The van der Waals surface area contributed by atoms with E-state index in [4.69, 9.17) is 4.52 Å². The van der Waals surface area contributed by atoms with Crippen molar-refractivity contribution in [3.05, 3.63) is 17.5 Å². The minimum atomic E-state index is -0.912. The van der Waals surface area contributed by atoms with Crippen LogP contribution in [0.2, 0.25) is 0 Å². The van der Waals surface area contributed by atoms with Crippen molar-refractivity contribution in [3.63, 3.8) is 0 Å². The third-order valence-corrected chi connectivity index (χ3v) is 4.72. The number of carbonyl (C=O) groups is 2. The van der Waals surface area contributed by atoms with Gasteiger partial charge in [0, 0.05) is 18.5 Å². The summed E-state index contributed by atoms with van der Waals surface area (Å²) in [6.07, 6.45) is 2.96. The lowest BCUT2D eigenvalue weighted by Gasteiger charge is -2.23. The highest BCUT2D eigenvalue weighted by molar-refractivity contribution is 5.95. The van der Waals surface area contributed by atoms with Crippen LogP contribution in [-0.2, 0) is 4.79 Å². The van der Waals surface area contributed by atoms with Crippen molar-refractivity contribution >= 4 is 11.9 Å². The first kappa shape index (κ1) is 14.1. The lowest BCUT2D eigenvalue weighted by molar-refractivity contribution is -0.142. The maximum atomic E-state index is 12.6. The smallest absolute Gasteiger partial charge is 0.326 e. The van der Waals surface area contributed by atoms with Crippen LogP contribution in [0.5, 0.6) is 0 Å². The summed E-state index contributed by atoms with van der Waals surface area (Å²) in [5.74, 6) is -0.0517. The zero-order valence-electron chi connectivity index (χ0n) is 12.3. The first-order valence-corrected chi connectivity index (χ1v) is 7.49. The SMILES string of the molecule is CC(C)c1cc(C(=O)N2CC3CCCC3C2C(=O)O)no1. The van der Waals surface area contributed by atoms with E-state index in [0.717, 1.165) is 19.3 Å². The van der Waals surface area contributed by atoms with Gasteiger partial charge in [-0.1, -0.05) is 25.4 Å². The van der Waals surface area contributed by atoms with Crippen molar-refractivity contribution in [2.45, 2.75) is 45.1 Å². The Hall–Kier alpha value is -1.85. The number of aliphatic carboxylic acids is 1. The number of carbonyl (C=O) groups excluding carboxylic acids is 1. The Labute approximate surface area is 123 Å². The molecular formula is C15H20N2O4. The van der Waals surface area contributed by atoms with Gasteiger partial charge in [0.05, 0.1) is 0 Å². The van der Waals surface area contributed by atoms with E-state index in [9.17, 15) is 14.7 Å². The van der Waals surface area contributed by atoms with Crippen molar-refractivity contribution in [1.82, 2.24) is 10.1 Å². The van der Waals surface area contributed by atoms with Crippen LogP contribution in [0.3, 0.4) is 0 Å². The molecule has 1 N–H and O–H groups in total. The Morgan fingerprint density at radius 2 is 2.19 bits per heavy atom. The predicted octanol–water partition coefficient (Wildman–Crippen LogP) is 2.12. The van der Waals surface area contributed by atoms with E-state index < -0.39 is 12.0 Å². The van der Waals surface area contributed by atoms with Gasteiger partial charge >= 0.3 is 5.97 Å². The Kier molecular flexibility index (Phi) is 3.47. The van der Waals surface area contributed by atoms with Crippen molar-refractivity contribution in [3.8, 4) is 0 Å². The molecule has 6 heteroatoms. The molecule has 3 unspecified atom stereocenters. The molecule has 21 heavy (non-hydrogen) atoms. The van der Waals surface area contributed by atoms with E-state index in [2.05, 4.69) is 5.16 Å². The van der Waals surface area contributed by atoms with Crippen LogP contribution < -0.4 is 0 Å². The zero-order valence-corrected chi connectivity index (χ0v) is 12.3. The molecule has 0 aromatic carbocycles. The van der Waals surface area contributed by atoms with E-state index in [0.29, 0.717) is 18.2 Å². The van der Waals surface area contributed by atoms with Crippen LogP contribution >= 0.6 is 0 Å². The molecule has 2 aliphatic rings. The first-order valence-electron chi connectivity index (χ1n) is 7.49. The normalized spacial score (nSPS) is 28.1. The summed E-state index contributed by atoms with van der Waals surface area (Å²) in [5, 5.41) is 13.3. The van der Waals surface area contributed by atoms with E-state index in [1.54, 1.807) is 6.07 Å². The number of hydrogen-bond donors (Lipinski definition) is 1. The standard InChI is InChI=1S/C15H20N2O4/c1-8(2)12-6-11(16-21-12)14(18)17-7-9-4-3-5-10(9)13(17)15(19)20/h6,8-10,13H,3-5,7H2,1-2H3,(H,19,20). The van der Waals surface area contributed by atoms with E-state index in [1.165, 1.54) is 4.90 Å². The number of likely N-dealkylation sites (tertiary alicyclic amines) is 1. The minimum absolute atomic E-state index is 0.0860. The van der Waals surface area contributed by atoms with Gasteiger partial charge in [-0.05, 0) is 24.7 Å². The summed E-state index contributed by atoms with van der Waals surface area (Å²) in [6.45, 7) is 4.43. The average Bonchev–Trinajstić information content (AvgIpc) is 3.11. The topological polar surface area (TPSA) is 83.6 Å². The molecule has 1 aromatic rings. The van der Waals surface area contributed by atoms with Crippen LogP contribution in [0.15, 0.2) is 10.6 Å². The Balaban J connectivity index is 1.84. The number of aromatic nitrogens is 1. The van der Waals surface area contributed by atoms with Gasteiger partial charge in [-0.3, -0.25) is 4.79 Å². The summed E-state index contributed by atoms with van der Waals surface area (Å²) in [4.78, 5) is 25.6. The first-order chi connectivity index (χ1) is 9.99. The lowest BCUT2D eigenvalue weighted by Crippen LogP contribution is -2.43. The molecule has 0 spiro atoms. The summed E-state index contributed by atoms with van der Waals surface area (Å²) in [7, 11) is 0. The molecular weight excluding hydrogens is 272 g/mol. The van der Waals surface area contributed by atoms with Crippen LogP contribution in [-0.4, -0.2) is 39.6 Å². The zero-order chi connectivity index (χ0) is 15.1. The van der Waals surface area contributed by atoms with Crippen LogP contribution in [0.1, 0.15) is 55.3 Å². The maximum absolute atomic E-state index is 12.6. The van der Waals surface area contributed by atoms with Gasteiger partial charge in [-0.15, -0.1) is 0 Å². The fourth-order valence-electron chi connectivity index (χ4n) is 3.64. The molecule has 1 amide bonds. The quantitative estimate of drug-likeness (QED) is 0.922. The summed E-state index contributed by atoms with van der Waals surface area (Å²) < 4.78 is 5.15. The Morgan fingerprint density at radius 1 is 1.43 bits per heavy atom. The van der Waals surface area contributed by atoms with Gasteiger partial charge in [0.2, 0.25) is 0 Å². The largest absolute Gasteiger partial charge is 0.480 e. The average molecular weight is 292 g/mol. The third-order valence-electron chi connectivity index (χ3n) is 4.72. The number of carboxylic acids is 1. The van der Waals surface area contributed by atoms with E-state index in [-0.39, 0.29) is 23.4 Å². The van der Waals surface area contributed by atoms with Gasteiger partial charge in [0.15, 0.2) is 5.69 Å². The fraction of sp³-hybridized carbons (Fsp3) is 0.667. The second kappa shape index (κ2) is 5.16. The highest BCUT2D eigenvalue weighted by atomic mass is 16.5. The third kappa shape index (κ3) is 2.32. The van der Waals surface area contributed by atoms with E-state index in [1.807, 2.05) is 13.8 Å². The molecule has 1 aliphatic heterocycles. The van der Waals surface area contributed by atoms with Crippen LogP contribution in [0, 0.1) is 11.8 Å². The molecule has 1 saturated heterocycles. The summed E-state index contributed by atoms with van der Waals surface area (Å²) in [6, 6.07) is 0.907. The minimum Gasteiger partial charge on any atom is -0.480 e. The maximum Gasteiger partial charge on any atom is 0.326 e. The number of hydrogen-bond acceptors (Lipinski definition) is 4. The summed E-state index contributed by atoms with van der Waals surface area (Å²) in [5.41, 5.74) is 0.213. The molecule has 3 rings (SSSR count). The van der Waals surface area contributed by atoms with Gasteiger partial charge in [-0.25, -0.2) is 4.79 Å². The molecule has 3 atom stereocenters. The van der Waals surface area contributed by atoms with Crippen molar-refractivity contribution in [1.29, 1.82) is 0 Å². The highest BCUT2D eigenvalue weighted by Crippen LogP contribution is 2.42. The van der Waals surface area contributed by atoms with Crippen molar-refractivity contribution in [2.75, 3.05) is 6.54 Å². The molecule has 114 valence electrons. The van der Waals surface area contributed by atoms with Crippen molar-refractivity contribution in [2.24, 2.45) is 11.8 Å². The molecule has 2 fully saturated rings. The number of amides is 1. The van der Waals surface area contributed by atoms with Gasteiger partial charge in [-0.2, -0.15) is 0 Å². The molecule has 0 bridgehead atoms. The fourth-order valence-corrected chi connectivity index (χ4v) is 3.64. The second-order valence-corrected chi connectivity index (χ2v) is 6.36. The molecule has 1 aromatic heterocycles. The highest BCUT2D eigenvalue weighted by Gasteiger charge is 2.50. The summed E-state index contributed by atoms with van der Waals surface area (Å²) >= 11 is 0. The van der Waals surface area contributed by atoms with Crippen LogP contribution in [0.4, 0.5) is 0 Å². The van der Waals surface area contributed by atoms with Crippen molar-refractivity contribution < 1.29 is 19.2 Å². The second-order valence-electron chi connectivity index (χ2n) is 6.36. The molecule has 6 nitrogen and oxygen atoms in total. The number of rotatable bonds is 3. The number of fused-ring (bicyclic) bond motifs is 1. The van der Waals surface area contributed by atoms with Gasteiger partial charge in [0.25, 0.3) is 5.91 Å². The number of carboxylic acid groups (broad SMARTS) is 1. The van der Waals surface area contributed by atoms with Crippen LogP contribution in [0.25, 0.3) is 0 Å². The molecule has 2 heterocycles. The van der Waals surface area contributed by atoms with Gasteiger partial charge < -0.3 is 14.5 Å². The van der Waals surface area contributed by atoms with Gasteiger partial charge in [0.1, 0.15) is 11.8 Å².